The molecule has 63 heavy (non-hydrogen) atoms. The van der Waals surface area contributed by atoms with Gasteiger partial charge in [0.05, 0.1) is 21.3 Å². The first-order valence-corrected chi connectivity index (χ1v) is 24.4. The summed E-state index contributed by atoms with van der Waals surface area (Å²) in [6.45, 7) is 5.65. The van der Waals surface area contributed by atoms with E-state index < -0.39 is 27.1 Å². The van der Waals surface area contributed by atoms with Gasteiger partial charge < -0.3 is 20.0 Å². The first kappa shape index (κ1) is 44.3. The third kappa shape index (κ3) is 10.1. The zero-order valence-electron chi connectivity index (χ0n) is 35.4. The van der Waals surface area contributed by atoms with Crippen LogP contribution in [-0.4, -0.2) is 102 Å². The highest BCUT2D eigenvalue weighted by atomic mass is 32.2. The van der Waals surface area contributed by atoms with Crippen LogP contribution in [0.25, 0.3) is 21.8 Å². The maximum atomic E-state index is 16.2. The molecule has 8 rings (SSSR count). The van der Waals surface area contributed by atoms with E-state index in [1.807, 2.05) is 34.1 Å². The standard InChI is InChI=1S/C45H54FN9O6S2/c1-2-37(63(47,60)61)33-4-3-5-34(40(33)46)41-42(35-12-19-48-27-49-35)62-44(52-41)29-15-24-55(25-16-29)45(59)30-17-22-54(23-18-30)39(57)26-28-13-20-53(21-14-28)32-8-6-31(7-9-32)50-36-10-11-38(56)51-43(36)58/h3-9,12,19,27-30,36-37,50H,2,10-11,13-18,20-26H2,1H3,(H2,47,60,61)(H,51,56,58). The average Bonchev–Trinajstić information content (AvgIpc) is 3.74. The molecule has 0 bridgehead atoms. The highest BCUT2D eigenvalue weighted by Crippen LogP contribution is 2.43. The van der Waals surface area contributed by atoms with Gasteiger partial charge in [0.2, 0.25) is 33.7 Å². The molecule has 0 aliphatic carbocycles. The van der Waals surface area contributed by atoms with Gasteiger partial charge in [-0.2, -0.15) is 0 Å². The van der Waals surface area contributed by atoms with E-state index in [0.717, 1.165) is 42.3 Å². The predicted octanol–water partition coefficient (Wildman–Crippen LogP) is 5.61. The van der Waals surface area contributed by atoms with Crippen molar-refractivity contribution in [1.82, 2.24) is 30.1 Å². The number of nitrogens with one attached hydrogen (secondary N) is 2. The number of piperidine rings is 4. The fourth-order valence-corrected chi connectivity index (χ4v) is 11.7. The second-order valence-corrected chi connectivity index (χ2v) is 19.9. The second kappa shape index (κ2) is 19.2. The third-order valence-corrected chi connectivity index (χ3v) is 15.7. The Morgan fingerprint density at radius 2 is 1.65 bits per heavy atom. The molecule has 2 aromatic carbocycles. The Morgan fingerprint density at radius 1 is 0.937 bits per heavy atom. The van der Waals surface area contributed by atoms with Gasteiger partial charge in [-0.05, 0) is 93.7 Å². The van der Waals surface area contributed by atoms with Crippen LogP contribution in [0, 0.1) is 17.7 Å². The van der Waals surface area contributed by atoms with Gasteiger partial charge in [-0.3, -0.25) is 24.5 Å². The van der Waals surface area contributed by atoms with Crippen molar-refractivity contribution >= 4 is 56.4 Å². The van der Waals surface area contributed by atoms with E-state index in [9.17, 15) is 27.6 Å². The van der Waals surface area contributed by atoms with Crippen LogP contribution in [0.5, 0.6) is 0 Å². The van der Waals surface area contributed by atoms with Gasteiger partial charge in [0.15, 0.2) is 0 Å². The highest BCUT2D eigenvalue weighted by molar-refractivity contribution is 7.89. The second-order valence-electron chi connectivity index (χ2n) is 17.1. The van der Waals surface area contributed by atoms with Crippen LogP contribution < -0.4 is 20.7 Å². The van der Waals surface area contributed by atoms with Crippen LogP contribution in [0.15, 0.2) is 61.1 Å². The number of halogens is 1. The van der Waals surface area contributed by atoms with Crippen molar-refractivity contribution in [1.29, 1.82) is 0 Å². The molecule has 6 heterocycles. The molecule has 2 aromatic heterocycles. The van der Waals surface area contributed by atoms with Crippen molar-refractivity contribution < 1.29 is 32.0 Å². The van der Waals surface area contributed by atoms with Crippen molar-refractivity contribution in [2.75, 3.05) is 49.5 Å². The number of carbonyl (C=O) groups excluding carboxylic acids is 4. The summed E-state index contributed by atoms with van der Waals surface area (Å²) in [5.74, 6) is -0.701. The summed E-state index contributed by atoms with van der Waals surface area (Å²) in [5.41, 5.74) is 3.07. The molecule has 2 atom stereocenters. The number of thiazole rings is 1. The number of rotatable bonds is 12. The molecule has 15 nitrogen and oxygen atoms in total. The number of carbonyl (C=O) groups is 4. The van der Waals surface area contributed by atoms with Gasteiger partial charge in [-0.1, -0.05) is 19.1 Å². The van der Waals surface area contributed by atoms with E-state index >= 15 is 4.39 Å². The van der Waals surface area contributed by atoms with Crippen LogP contribution >= 0.6 is 11.3 Å². The van der Waals surface area contributed by atoms with Crippen molar-refractivity contribution in [3.63, 3.8) is 0 Å². The summed E-state index contributed by atoms with van der Waals surface area (Å²) in [7, 11) is -4.05. The molecule has 4 saturated heterocycles. The summed E-state index contributed by atoms with van der Waals surface area (Å²) in [6, 6.07) is 14.0. The Balaban J connectivity index is 0.811. The number of nitrogens with two attached hydrogens (primary N) is 1. The Morgan fingerprint density at radius 3 is 2.30 bits per heavy atom. The Hall–Kier alpha value is -5.33. The largest absolute Gasteiger partial charge is 0.374 e. The van der Waals surface area contributed by atoms with E-state index in [-0.39, 0.29) is 53.0 Å². The van der Waals surface area contributed by atoms with Crippen molar-refractivity contribution in [3.8, 4) is 21.8 Å². The first-order valence-electron chi connectivity index (χ1n) is 22.0. The summed E-state index contributed by atoms with van der Waals surface area (Å²) in [4.78, 5) is 71.1. The molecule has 2 unspecified atom stereocenters. The Kier molecular flexibility index (Phi) is 13.5. The molecule has 4 aromatic rings. The van der Waals surface area contributed by atoms with Crippen LogP contribution in [0.4, 0.5) is 15.8 Å². The van der Waals surface area contributed by atoms with Gasteiger partial charge in [-0.25, -0.2) is 32.9 Å². The van der Waals surface area contributed by atoms with Gasteiger partial charge in [0.25, 0.3) is 0 Å². The fraction of sp³-hybridized carbons (Fsp3) is 0.489. The zero-order valence-corrected chi connectivity index (χ0v) is 37.0. The quantitative estimate of drug-likeness (QED) is 0.149. The molecule has 4 N–H and O–H groups in total. The number of amides is 4. The normalized spacial score (nSPS) is 20.1. The zero-order chi connectivity index (χ0) is 44.3. The average molecular weight is 900 g/mol. The Labute approximate surface area is 371 Å². The van der Waals surface area contributed by atoms with E-state index in [1.54, 1.807) is 31.3 Å². The summed E-state index contributed by atoms with van der Waals surface area (Å²) in [5, 5.41) is 10.7. The lowest BCUT2D eigenvalue weighted by Crippen LogP contribution is -2.47. The van der Waals surface area contributed by atoms with E-state index in [0.29, 0.717) is 93.3 Å². The lowest BCUT2D eigenvalue weighted by Gasteiger charge is -2.38. The molecular weight excluding hydrogens is 846 g/mol. The summed E-state index contributed by atoms with van der Waals surface area (Å²) < 4.78 is 41.0. The topological polar surface area (TPSA) is 201 Å². The lowest BCUT2D eigenvalue weighted by molar-refractivity contribution is -0.142. The van der Waals surface area contributed by atoms with Gasteiger partial charge in [-0.15, -0.1) is 11.3 Å². The van der Waals surface area contributed by atoms with E-state index in [4.69, 9.17) is 10.1 Å². The number of hydrogen-bond acceptors (Lipinski definition) is 12. The summed E-state index contributed by atoms with van der Waals surface area (Å²) in [6.07, 6.45) is 8.96. The number of sulfonamides is 1. The Bertz CT molecular complexity index is 2410. The number of benzene rings is 2. The van der Waals surface area contributed by atoms with Crippen molar-refractivity contribution in [2.45, 2.75) is 88.3 Å². The van der Waals surface area contributed by atoms with Gasteiger partial charge in [0.1, 0.15) is 23.4 Å². The number of anilines is 2. The van der Waals surface area contributed by atoms with E-state index in [2.05, 4.69) is 25.5 Å². The maximum Gasteiger partial charge on any atom is 0.249 e. The maximum absolute atomic E-state index is 16.2. The molecule has 4 amide bonds. The van der Waals surface area contributed by atoms with Gasteiger partial charge in [0, 0.05) is 92.6 Å². The van der Waals surface area contributed by atoms with Crippen LogP contribution in [0.3, 0.4) is 0 Å². The number of aromatic nitrogens is 3. The first-order chi connectivity index (χ1) is 30.4. The molecule has 4 aliphatic rings. The summed E-state index contributed by atoms with van der Waals surface area (Å²) >= 11 is 1.43. The third-order valence-electron chi connectivity index (χ3n) is 13.1. The van der Waals surface area contributed by atoms with Crippen LogP contribution in [-0.2, 0) is 29.2 Å². The number of nitrogens with zero attached hydrogens (tertiary/aromatic N) is 6. The number of hydrogen-bond donors (Lipinski definition) is 3. The number of likely N-dealkylation sites (tertiary alicyclic amines) is 2. The molecule has 0 radical (unpaired) electrons. The minimum Gasteiger partial charge on any atom is -0.374 e. The smallest absolute Gasteiger partial charge is 0.249 e. The van der Waals surface area contributed by atoms with Crippen molar-refractivity contribution in [2.24, 2.45) is 17.0 Å². The number of primary sulfonamides is 1. The number of imide groups is 1. The van der Waals surface area contributed by atoms with Crippen LogP contribution in [0.2, 0.25) is 0 Å². The molecule has 18 heteroatoms. The van der Waals surface area contributed by atoms with E-state index in [1.165, 1.54) is 23.7 Å². The minimum absolute atomic E-state index is 0.00351. The molecule has 0 saturated carbocycles. The minimum atomic E-state index is -4.05. The molecular formula is C45H54FN9O6S2. The molecule has 4 aliphatic heterocycles. The van der Waals surface area contributed by atoms with Crippen molar-refractivity contribution in [3.05, 3.63) is 77.4 Å². The van der Waals surface area contributed by atoms with Gasteiger partial charge >= 0.3 is 0 Å². The fourth-order valence-electron chi connectivity index (χ4n) is 9.46. The lowest BCUT2D eigenvalue weighted by atomic mass is 9.90. The molecule has 334 valence electrons. The van der Waals surface area contributed by atoms with Crippen LogP contribution in [0.1, 0.15) is 92.9 Å². The molecule has 4 fully saturated rings. The SMILES string of the molecule is CCC(c1cccc(-c2nc(C3CCN(C(=O)C4CCN(C(=O)CC5CCN(c6ccc(NC7CCC(=O)NC7=O)cc6)CC5)CC4)CC3)sc2-c2ccncn2)c1F)S(N)(=O)=O. The monoisotopic (exact) mass is 899 g/mol. The predicted molar refractivity (Wildman–Crippen MR) is 238 cm³/mol. The highest BCUT2D eigenvalue weighted by Gasteiger charge is 2.35. The molecule has 0 spiro atoms.